The van der Waals surface area contributed by atoms with Crippen LogP contribution in [0.4, 0.5) is 0 Å². The number of benzene rings is 1. The average molecular weight is 240 g/mol. The van der Waals surface area contributed by atoms with E-state index in [1.807, 2.05) is 23.5 Å². The lowest BCUT2D eigenvalue weighted by Crippen LogP contribution is -2.06. The molecule has 82 valence electrons. The first kappa shape index (κ1) is 11.2. The van der Waals surface area contributed by atoms with Crippen LogP contribution in [0.5, 0.6) is 5.75 Å². The molecule has 1 aliphatic heterocycles. The minimum absolute atomic E-state index is 0.805. The predicted molar refractivity (Wildman–Crippen MR) is 69.8 cm³/mol. The average Bonchev–Trinajstić information content (AvgIpc) is 2.25. The Kier molecular flexibility index (Phi) is 3.87. The van der Waals surface area contributed by atoms with E-state index >= 15 is 0 Å². The SMILES string of the molecule is CCSCc1cc(C)cc2c1OCSC2. The first-order chi connectivity index (χ1) is 7.31. The van der Waals surface area contributed by atoms with Crippen molar-refractivity contribution in [3.05, 3.63) is 28.8 Å². The number of ether oxygens (including phenoxy) is 1. The van der Waals surface area contributed by atoms with Gasteiger partial charge in [-0.2, -0.15) is 11.8 Å². The second-order valence-electron chi connectivity index (χ2n) is 3.66. The van der Waals surface area contributed by atoms with E-state index in [-0.39, 0.29) is 0 Å². The molecule has 1 heterocycles. The third kappa shape index (κ3) is 2.64. The number of hydrogen-bond donors (Lipinski definition) is 0. The summed E-state index contributed by atoms with van der Waals surface area (Å²) in [5.41, 5.74) is 4.10. The summed E-state index contributed by atoms with van der Waals surface area (Å²) in [5, 5.41) is 0. The third-order valence-electron chi connectivity index (χ3n) is 2.39. The summed E-state index contributed by atoms with van der Waals surface area (Å²) in [6, 6.07) is 4.51. The number of fused-ring (bicyclic) bond motifs is 1. The Morgan fingerprint density at radius 3 is 3.13 bits per heavy atom. The molecular weight excluding hydrogens is 224 g/mol. The molecule has 1 aromatic carbocycles. The smallest absolute Gasteiger partial charge is 0.134 e. The van der Waals surface area contributed by atoms with Gasteiger partial charge in [0.25, 0.3) is 0 Å². The largest absolute Gasteiger partial charge is 0.482 e. The summed E-state index contributed by atoms with van der Waals surface area (Å²) in [4.78, 5) is 0. The van der Waals surface area contributed by atoms with Crippen molar-refractivity contribution in [1.82, 2.24) is 0 Å². The van der Waals surface area contributed by atoms with Crippen molar-refractivity contribution in [2.24, 2.45) is 0 Å². The monoisotopic (exact) mass is 240 g/mol. The van der Waals surface area contributed by atoms with Crippen LogP contribution in [-0.2, 0) is 11.5 Å². The van der Waals surface area contributed by atoms with Gasteiger partial charge in [0.05, 0.1) is 0 Å². The van der Waals surface area contributed by atoms with Crippen LogP contribution in [0.25, 0.3) is 0 Å². The Bertz CT molecular complexity index is 350. The van der Waals surface area contributed by atoms with Crippen molar-refractivity contribution in [2.75, 3.05) is 11.7 Å². The maximum absolute atomic E-state index is 5.76. The lowest BCUT2D eigenvalue weighted by atomic mass is 10.1. The molecule has 0 saturated heterocycles. The van der Waals surface area contributed by atoms with Gasteiger partial charge in [-0.25, -0.2) is 0 Å². The first-order valence-corrected chi connectivity index (χ1v) is 7.53. The number of aryl methyl sites for hydroxylation is 1. The molecule has 1 nitrogen and oxygen atoms in total. The van der Waals surface area contributed by atoms with Crippen LogP contribution < -0.4 is 4.74 Å². The highest BCUT2D eigenvalue weighted by Crippen LogP contribution is 2.35. The molecule has 0 bridgehead atoms. The van der Waals surface area contributed by atoms with E-state index < -0.39 is 0 Å². The Morgan fingerprint density at radius 2 is 2.33 bits per heavy atom. The molecule has 1 aromatic rings. The number of hydrogen-bond acceptors (Lipinski definition) is 3. The normalized spacial score (nSPS) is 14.5. The van der Waals surface area contributed by atoms with Crippen LogP contribution >= 0.6 is 23.5 Å². The van der Waals surface area contributed by atoms with Crippen molar-refractivity contribution in [2.45, 2.75) is 25.4 Å². The lowest BCUT2D eigenvalue weighted by molar-refractivity contribution is 0.381. The highest BCUT2D eigenvalue weighted by Gasteiger charge is 2.15. The maximum atomic E-state index is 5.76. The summed E-state index contributed by atoms with van der Waals surface area (Å²) in [6.45, 7) is 4.36. The fraction of sp³-hybridized carbons (Fsp3) is 0.500. The van der Waals surface area contributed by atoms with Crippen molar-refractivity contribution in [3.8, 4) is 5.75 Å². The minimum Gasteiger partial charge on any atom is -0.482 e. The van der Waals surface area contributed by atoms with Crippen LogP contribution in [0, 0.1) is 6.92 Å². The van der Waals surface area contributed by atoms with E-state index in [0.29, 0.717) is 0 Å². The Labute approximate surface area is 100.0 Å². The molecule has 0 unspecified atom stereocenters. The van der Waals surface area contributed by atoms with E-state index in [0.717, 1.165) is 28.9 Å². The topological polar surface area (TPSA) is 9.23 Å². The zero-order valence-corrected chi connectivity index (χ0v) is 10.8. The molecule has 0 aromatic heterocycles. The molecule has 15 heavy (non-hydrogen) atoms. The quantitative estimate of drug-likeness (QED) is 0.794. The molecule has 2 rings (SSSR count). The molecular formula is C12H16OS2. The Hall–Kier alpha value is -0.280. The summed E-state index contributed by atoms with van der Waals surface area (Å²) >= 11 is 3.81. The van der Waals surface area contributed by atoms with Crippen LogP contribution in [-0.4, -0.2) is 11.7 Å². The minimum atomic E-state index is 0.805. The second-order valence-corrected chi connectivity index (χ2v) is 5.87. The summed E-state index contributed by atoms with van der Waals surface area (Å²) in [6.07, 6.45) is 0. The van der Waals surface area contributed by atoms with Crippen LogP contribution in [0.2, 0.25) is 0 Å². The van der Waals surface area contributed by atoms with Crippen molar-refractivity contribution < 1.29 is 4.74 Å². The van der Waals surface area contributed by atoms with Crippen molar-refractivity contribution in [1.29, 1.82) is 0 Å². The van der Waals surface area contributed by atoms with Gasteiger partial charge < -0.3 is 4.74 Å². The molecule has 0 aliphatic carbocycles. The van der Waals surface area contributed by atoms with Gasteiger partial charge in [-0.3, -0.25) is 0 Å². The zero-order chi connectivity index (χ0) is 10.7. The zero-order valence-electron chi connectivity index (χ0n) is 9.21. The summed E-state index contributed by atoms with van der Waals surface area (Å²) in [5.74, 6) is 5.30. The fourth-order valence-electron chi connectivity index (χ4n) is 1.79. The van der Waals surface area contributed by atoms with Gasteiger partial charge in [0, 0.05) is 22.6 Å². The van der Waals surface area contributed by atoms with Crippen molar-refractivity contribution in [3.63, 3.8) is 0 Å². The van der Waals surface area contributed by atoms with Crippen LogP contribution in [0.1, 0.15) is 23.6 Å². The fourth-order valence-corrected chi connectivity index (χ4v) is 3.15. The van der Waals surface area contributed by atoms with Gasteiger partial charge in [-0.15, -0.1) is 11.8 Å². The summed E-state index contributed by atoms with van der Waals surface area (Å²) in [7, 11) is 0. The third-order valence-corrected chi connectivity index (χ3v) is 4.12. The molecule has 1 aliphatic rings. The number of rotatable bonds is 3. The van der Waals surface area contributed by atoms with E-state index in [9.17, 15) is 0 Å². The molecule has 0 amide bonds. The van der Waals surface area contributed by atoms with E-state index in [2.05, 4.69) is 26.0 Å². The molecule has 3 heteroatoms. The van der Waals surface area contributed by atoms with E-state index in [4.69, 9.17) is 4.74 Å². The highest BCUT2D eigenvalue weighted by atomic mass is 32.2. The molecule has 0 N–H and O–H groups in total. The lowest BCUT2D eigenvalue weighted by Gasteiger charge is -2.20. The molecule has 0 fully saturated rings. The standard InChI is InChI=1S/C12H16OS2/c1-3-14-6-10-4-9(2)5-11-7-15-8-13-12(10)11/h4-5H,3,6-8H2,1-2H3. The van der Waals surface area contributed by atoms with E-state index in [1.165, 1.54) is 16.7 Å². The van der Waals surface area contributed by atoms with Crippen molar-refractivity contribution >= 4 is 23.5 Å². The highest BCUT2D eigenvalue weighted by molar-refractivity contribution is 7.98. The predicted octanol–water partition coefficient (Wildman–Crippen LogP) is 3.83. The van der Waals surface area contributed by atoms with Crippen LogP contribution in [0.15, 0.2) is 12.1 Å². The number of thioether (sulfide) groups is 2. The van der Waals surface area contributed by atoms with Gasteiger partial charge in [-0.1, -0.05) is 24.6 Å². The molecule has 0 spiro atoms. The molecule has 0 radical (unpaired) electrons. The Morgan fingerprint density at radius 1 is 1.47 bits per heavy atom. The van der Waals surface area contributed by atoms with Crippen LogP contribution in [0.3, 0.4) is 0 Å². The Balaban J connectivity index is 2.30. The van der Waals surface area contributed by atoms with Gasteiger partial charge >= 0.3 is 0 Å². The van der Waals surface area contributed by atoms with Gasteiger partial charge in [0.15, 0.2) is 0 Å². The van der Waals surface area contributed by atoms with Gasteiger partial charge in [0.2, 0.25) is 0 Å². The van der Waals surface area contributed by atoms with Gasteiger partial charge in [-0.05, 0) is 12.7 Å². The first-order valence-electron chi connectivity index (χ1n) is 5.22. The molecule has 0 saturated carbocycles. The second kappa shape index (κ2) is 5.17. The van der Waals surface area contributed by atoms with Gasteiger partial charge in [0.1, 0.15) is 11.7 Å². The van der Waals surface area contributed by atoms with E-state index in [1.54, 1.807) is 0 Å². The summed E-state index contributed by atoms with van der Waals surface area (Å²) < 4.78 is 5.76. The molecule has 0 atom stereocenters. The maximum Gasteiger partial charge on any atom is 0.134 e.